The summed E-state index contributed by atoms with van der Waals surface area (Å²) >= 11 is 3.38. The molecule has 2 rings (SSSR count). The highest BCUT2D eigenvalue weighted by atomic mass is 79.9. The van der Waals surface area contributed by atoms with Gasteiger partial charge in [-0.3, -0.25) is 9.59 Å². The van der Waals surface area contributed by atoms with Crippen molar-refractivity contribution in [3.8, 4) is 5.75 Å². The Morgan fingerprint density at radius 2 is 1.47 bits per heavy atom. The molecule has 8 heteroatoms. The van der Waals surface area contributed by atoms with Gasteiger partial charge in [0, 0.05) is 16.5 Å². The minimum Gasteiger partial charge on any atom is -0.422 e. The van der Waals surface area contributed by atoms with Crippen LogP contribution in [0, 0.1) is 0 Å². The van der Waals surface area contributed by atoms with Crippen molar-refractivity contribution in [2.24, 2.45) is 5.10 Å². The predicted molar refractivity (Wildman–Crippen MR) is 155 cm³/mol. The molecule has 0 saturated heterocycles. The molecule has 0 unspecified atom stereocenters. The first-order valence-electron chi connectivity index (χ1n) is 13.6. The lowest BCUT2D eigenvalue weighted by Crippen LogP contribution is -2.34. The van der Waals surface area contributed by atoms with Crippen LogP contribution in [0.2, 0.25) is 0 Å². The van der Waals surface area contributed by atoms with Crippen molar-refractivity contribution in [3.05, 3.63) is 64.1 Å². The molecule has 7 nitrogen and oxygen atoms in total. The molecular formula is C30H40BrN3O4. The van der Waals surface area contributed by atoms with Crippen LogP contribution in [0.4, 0.5) is 0 Å². The van der Waals surface area contributed by atoms with Crippen molar-refractivity contribution in [2.45, 2.75) is 84.0 Å². The van der Waals surface area contributed by atoms with Gasteiger partial charge < -0.3 is 10.1 Å². The maximum Gasteiger partial charge on any atom is 0.343 e. The highest BCUT2D eigenvalue weighted by Crippen LogP contribution is 2.23. The van der Waals surface area contributed by atoms with Crippen LogP contribution < -0.4 is 15.5 Å². The zero-order chi connectivity index (χ0) is 27.4. The zero-order valence-electron chi connectivity index (χ0n) is 22.3. The minimum atomic E-state index is -0.493. The number of benzene rings is 2. The number of rotatable bonds is 18. The van der Waals surface area contributed by atoms with E-state index >= 15 is 0 Å². The topological polar surface area (TPSA) is 96.9 Å². The molecule has 0 spiro atoms. The van der Waals surface area contributed by atoms with Crippen molar-refractivity contribution in [1.29, 1.82) is 0 Å². The molecule has 0 aliphatic heterocycles. The van der Waals surface area contributed by atoms with E-state index in [9.17, 15) is 14.4 Å². The largest absolute Gasteiger partial charge is 0.422 e. The van der Waals surface area contributed by atoms with Crippen LogP contribution in [-0.2, 0) is 9.59 Å². The van der Waals surface area contributed by atoms with Crippen molar-refractivity contribution in [1.82, 2.24) is 10.7 Å². The summed E-state index contributed by atoms with van der Waals surface area (Å²) < 4.78 is 6.26. The van der Waals surface area contributed by atoms with Gasteiger partial charge in [0.15, 0.2) is 0 Å². The molecule has 0 radical (unpaired) electrons. The third-order valence-corrected chi connectivity index (χ3v) is 6.52. The maximum atomic E-state index is 12.4. The quantitative estimate of drug-likeness (QED) is 0.0651. The first-order chi connectivity index (χ1) is 18.5. The summed E-state index contributed by atoms with van der Waals surface area (Å²) in [5, 5.41) is 6.57. The highest BCUT2D eigenvalue weighted by Gasteiger charge is 2.11. The van der Waals surface area contributed by atoms with Crippen LogP contribution >= 0.6 is 15.9 Å². The van der Waals surface area contributed by atoms with Crippen LogP contribution in [0.1, 0.15) is 99.9 Å². The van der Waals surface area contributed by atoms with Crippen molar-refractivity contribution < 1.29 is 19.1 Å². The van der Waals surface area contributed by atoms with E-state index in [0.717, 1.165) is 23.7 Å². The SMILES string of the molecule is CCCCCCCCCCCCCC(=O)NCC(=O)NN=Cc1cc(Br)ccc1OC(=O)c1ccccc1. The van der Waals surface area contributed by atoms with E-state index in [0.29, 0.717) is 23.3 Å². The molecule has 2 N–H and O–H groups in total. The van der Waals surface area contributed by atoms with Gasteiger partial charge in [-0.1, -0.05) is 105 Å². The molecule has 2 aromatic carbocycles. The lowest BCUT2D eigenvalue weighted by molar-refractivity contribution is -0.126. The lowest BCUT2D eigenvalue weighted by atomic mass is 10.1. The number of hydrogen-bond donors (Lipinski definition) is 2. The summed E-state index contributed by atoms with van der Waals surface area (Å²) in [7, 11) is 0. The number of halogens is 1. The number of nitrogens with zero attached hydrogens (tertiary/aromatic N) is 1. The van der Waals surface area contributed by atoms with Crippen molar-refractivity contribution >= 4 is 39.9 Å². The lowest BCUT2D eigenvalue weighted by Gasteiger charge is -2.08. The molecule has 2 aromatic rings. The van der Waals surface area contributed by atoms with Gasteiger partial charge in [-0.25, -0.2) is 10.2 Å². The monoisotopic (exact) mass is 585 g/mol. The molecule has 0 atom stereocenters. The summed E-state index contributed by atoms with van der Waals surface area (Å²) in [5.74, 6) is -0.763. The maximum absolute atomic E-state index is 12.4. The summed E-state index contributed by atoms with van der Waals surface area (Å²) in [6.07, 6.45) is 15.3. The molecule has 0 heterocycles. The fourth-order valence-electron chi connectivity index (χ4n) is 3.88. The fraction of sp³-hybridized carbons (Fsp3) is 0.467. The normalized spacial score (nSPS) is 10.9. The van der Waals surface area contributed by atoms with Gasteiger partial charge in [0.1, 0.15) is 5.75 Å². The predicted octanol–water partition coefficient (Wildman–Crippen LogP) is 6.94. The average Bonchev–Trinajstić information content (AvgIpc) is 2.92. The number of nitrogens with one attached hydrogen (secondary N) is 2. The van der Waals surface area contributed by atoms with Gasteiger partial charge in [0.25, 0.3) is 5.91 Å². The van der Waals surface area contributed by atoms with Gasteiger partial charge in [-0.2, -0.15) is 5.10 Å². The van der Waals surface area contributed by atoms with Gasteiger partial charge in [-0.15, -0.1) is 0 Å². The van der Waals surface area contributed by atoms with Crippen LogP contribution in [-0.4, -0.2) is 30.5 Å². The standard InChI is InChI=1S/C30H40BrN3O4/c1-2-3-4-5-6-7-8-9-10-11-15-18-28(35)32-23-29(36)34-33-22-25-21-26(31)19-20-27(25)38-30(37)24-16-13-12-14-17-24/h12-14,16-17,19-22H,2-11,15,18,23H2,1H3,(H,32,35)(H,34,36). The van der Waals surface area contributed by atoms with E-state index in [1.807, 2.05) is 6.07 Å². The summed E-state index contributed by atoms with van der Waals surface area (Å²) in [6.45, 7) is 2.09. The van der Waals surface area contributed by atoms with Gasteiger partial charge in [0.2, 0.25) is 5.91 Å². The molecule has 38 heavy (non-hydrogen) atoms. The Labute approximate surface area is 234 Å². The Hall–Kier alpha value is -3.00. The van der Waals surface area contributed by atoms with Gasteiger partial charge in [0.05, 0.1) is 18.3 Å². The fourth-order valence-corrected chi connectivity index (χ4v) is 4.26. The number of amides is 2. The van der Waals surface area contributed by atoms with E-state index in [-0.39, 0.29) is 12.5 Å². The average molecular weight is 587 g/mol. The highest BCUT2D eigenvalue weighted by molar-refractivity contribution is 9.10. The summed E-state index contributed by atoms with van der Waals surface area (Å²) in [5.41, 5.74) is 3.32. The molecular weight excluding hydrogens is 546 g/mol. The molecule has 0 fully saturated rings. The van der Waals surface area contributed by atoms with Gasteiger partial charge >= 0.3 is 5.97 Å². The van der Waals surface area contributed by atoms with E-state index in [4.69, 9.17) is 4.74 Å². The third-order valence-electron chi connectivity index (χ3n) is 6.03. The Kier molecular flexibility index (Phi) is 15.7. The Bertz CT molecular complexity index is 1030. The molecule has 0 saturated carbocycles. The number of carbonyl (C=O) groups excluding carboxylic acids is 3. The second-order valence-electron chi connectivity index (χ2n) is 9.29. The number of hydrazone groups is 1. The number of hydrogen-bond acceptors (Lipinski definition) is 5. The number of ether oxygens (including phenoxy) is 1. The zero-order valence-corrected chi connectivity index (χ0v) is 23.9. The van der Waals surface area contributed by atoms with E-state index < -0.39 is 11.9 Å². The Morgan fingerprint density at radius 1 is 0.842 bits per heavy atom. The van der Waals surface area contributed by atoms with E-state index in [1.54, 1.807) is 42.5 Å². The smallest absolute Gasteiger partial charge is 0.343 e. The van der Waals surface area contributed by atoms with Crippen LogP contribution in [0.15, 0.2) is 58.1 Å². The Morgan fingerprint density at radius 3 is 2.13 bits per heavy atom. The van der Waals surface area contributed by atoms with Crippen LogP contribution in [0.5, 0.6) is 5.75 Å². The summed E-state index contributed by atoms with van der Waals surface area (Å²) in [4.78, 5) is 36.5. The molecule has 0 bridgehead atoms. The van der Waals surface area contributed by atoms with Crippen LogP contribution in [0.3, 0.4) is 0 Å². The van der Waals surface area contributed by atoms with E-state index in [2.05, 4.69) is 38.7 Å². The Balaban J connectivity index is 1.63. The second kappa shape index (κ2) is 19.1. The molecule has 0 aromatic heterocycles. The third kappa shape index (κ3) is 13.5. The molecule has 0 aliphatic carbocycles. The first kappa shape index (κ1) is 31.2. The van der Waals surface area contributed by atoms with E-state index in [1.165, 1.54) is 57.6 Å². The minimum absolute atomic E-state index is 0.137. The number of carbonyl (C=O) groups is 3. The first-order valence-corrected chi connectivity index (χ1v) is 14.4. The molecule has 2 amide bonds. The summed E-state index contributed by atoms with van der Waals surface area (Å²) in [6, 6.07) is 13.8. The van der Waals surface area contributed by atoms with Crippen molar-refractivity contribution in [2.75, 3.05) is 6.54 Å². The second-order valence-corrected chi connectivity index (χ2v) is 10.2. The molecule has 206 valence electrons. The van der Waals surface area contributed by atoms with Gasteiger partial charge in [-0.05, 0) is 36.8 Å². The van der Waals surface area contributed by atoms with Crippen molar-refractivity contribution in [3.63, 3.8) is 0 Å². The van der Waals surface area contributed by atoms with Crippen LogP contribution in [0.25, 0.3) is 0 Å². The molecule has 0 aliphatic rings. The number of unbranched alkanes of at least 4 members (excludes halogenated alkanes) is 10. The number of esters is 1.